The van der Waals surface area contributed by atoms with Crippen LogP contribution in [0.3, 0.4) is 0 Å². The van der Waals surface area contributed by atoms with Crippen molar-refractivity contribution in [2.24, 2.45) is 4.99 Å². The van der Waals surface area contributed by atoms with E-state index < -0.39 is 23.0 Å². The van der Waals surface area contributed by atoms with Gasteiger partial charge in [0.15, 0.2) is 23.0 Å². The molecule has 0 unspecified atom stereocenters. The van der Waals surface area contributed by atoms with Crippen molar-refractivity contribution in [1.29, 1.82) is 0 Å². The molecule has 0 amide bonds. The number of ketones is 1. The topological polar surface area (TPSA) is 110 Å². The second kappa shape index (κ2) is 6.58. The van der Waals surface area contributed by atoms with Crippen LogP contribution in [-0.2, 0) is 0 Å². The number of phenols is 4. The molecule has 2 aromatic carbocycles. The molecule has 0 spiro atoms. The normalized spacial score (nSPS) is 11.0. The van der Waals surface area contributed by atoms with E-state index in [0.717, 1.165) is 12.1 Å². The van der Waals surface area contributed by atoms with Gasteiger partial charge in [0.2, 0.25) is 0 Å². The summed E-state index contributed by atoms with van der Waals surface area (Å²) in [6.45, 7) is 1.42. The van der Waals surface area contributed by atoms with E-state index in [-0.39, 0.29) is 17.9 Å². The van der Waals surface area contributed by atoms with Crippen LogP contribution >= 0.6 is 11.6 Å². The first-order valence-electron chi connectivity index (χ1n) is 6.56. The van der Waals surface area contributed by atoms with Gasteiger partial charge in [-0.25, -0.2) is 0 Å². The molecular weight excluding hydrogens is 322 g/mol. The van der Waals surface area contributed by atoms with Crippen molar-refractivity contribution in [3.8, 4) is 23.0 Å². The molecule has 4 N–H and O–H groups in total. The van der Waals surface area contributed by atoms with Crippen molar-refractivity contribution >= 4 is 23.6 Å². The second-order valence-corrected chi connectivity index (χ2v) is 5.35. The summed E-state index contributed by atoms with van der Waals surface area (Å²) >= 11 is 5.89. The number of carbonyl (C=O) groups excluding carboxylic acids is 1. The molecular formula is C16H14ClNO5. The number of benzene rings is 2. The lowest BCUT2D eigenvalue weighted by atomic mass is 10.1. The minimum Gasteiger partial charge on any atom is -0.507 e. The summed E-state index contributed by atoms with van der Waals surface area (Å²) in [7, 11) is 0. The highest BCUT2D eigenvalue weighted by Gasteiger charge is 2.13. The van der Waals surface area contributed by atoms with E-state index in [9.17, 15) is 25.2 Å². The van der Waals surface area contributed by atoms with Crippen LogP contribution in [0.4, 0.5) is 0 Å². The van der Waals surface area contributed by atoms with Gasteiger partial charge in [-0.15, -0.1) is 0 Å². The standard InChI is InChI=1S/C16H14ClNO5/c1-8-2-11(17)3-10(15(8)22)6-18-7-14(21)9-4-12(19)16(23)13(20)5-9/h2-6,19-20,22-23H,7H2,1H3. The molecule has 0 atom stereocenters. The Morgan fingerprint density at radius 3 is 2.30 bits per heavy atom. The first-order chi connectivity index (χ1) is 10.8. The molecule has 0 aliphatic rings. The quantitative estimate of drug-likeness (QED) is 0.390. The number of hydrogen-bond donors (Lipinski definition) is 4. The molecule has 0 aliphatic heterocycles. The first kappa shape index (κ1) is 16.6. The summed E-state index contributed by atoms with van der Waals surface area (Å²) in [6.07, 6.45) is 1.31. The third-order valence-electron chi connectivity index (χ3n) is 3.15. The number of phenolic OH excluding ortho intramolecular Hbond substituents is 4. The highest BCUT2D eigenvalue weighted by atomic mass is 35.5. The van der Waals surface area contributed by atoms with Crippen LogP contribution < -0.4 is 0 Å². The Kier molecular flexibility index (Phi) is 4.76. The maximum Gasteiger partial charge on any atom is 0.200 e. The fraction of sp³-hybridized carbons (Fsp3) is 0.125. The fourth-order valence-electron chi connectivity index (χ4n) is 1.94. The molecule has 0 saturated carbocycles. The minimum absolute atomic E-state index is 0.00134. The largest absolute Gasteiger partial charge is 0.507 e. The SMILES string of the molecule is Cc1cc(Cl)cc(C=NCC(=O)c2cc(O)c(O)c(O)c2)c1O. The van der Waals surface area contributed by atoms with Crippen molar-refractivity contribution in [3.63, 3.8) is 0 Å². The van der Waals surface area contributed by atoms with Crippen LogP contribution in [-0.4, -0.2) is 39.0 Å². The van der Waals surface area contributed by atoms with Crippen molar-refractivity contribution in [1.82, 2.24) is 0 Å². The van der Waals surface area contributed by atoms with E-state index in [1.54, 1.807) is 13.0 Å². The van der Waals surface area contributed by atoms with Gasteiger partial charge in [0.25, 0.3) is 0 Å². The molecule has 0 aliphatic carbocycles. The Labute approximate surface area is 136 Å². The van der Waals surface area contributed by atoms with Gasteiger partial charge < -0.3 is 20.4 Å². The number of rotatable bonds is 4. The predicted molar refractivity (Wildman–Crippen MR) is 86.1 cm³/mol. The smallest absolute Gasteiger partial charge is 0.200 e. The predicted octanol–water partition coefficient (Wildman–Crippen LogP) is 2.77. The Hall–Kier alpha value is -2.73. The van der Waals surface area contributed by atoms with E-state index >= 15 is 0 Å². The zero-order valence-electron chi connectivity index (χ0n) is 12.1. The van der Waals surface area contributed by atoms with E-state index in [4.69, 9.17) is 11.6 Å². The molecule has 23 heavy (non-hydrogen) atoms. The number of halogens is 1. The van der Waals surface area contributed by atoms with E-state index in [2.05, 4.69) is 4.99 Å². The number of nitrogens with zero attached hydrogens (tertiary/aromatic N) is 1. The number of Topliss-reactive ketones (excluding diaryl/α,β-unsaturated/α-hetero) is 1. The molecule has 0 radical (unpaired) electrons. The monoisotopic (exact) mass is 335 g/mol. The van der Waals surface area contributed by atoms with Crippen molar-refractivity contribution < 1.29 is 25.2 Å². The average molecular weight is 336 g/mol. The highest BCUT2D eigenvalue weighted by Crippen LogP contribution is 2.35. The van der Waals surface area contributed by atoms with Crippen LogP contribution in [0, 0.1) is 6.92 Å². The van der Waals surface area contributed by atoms with E-state index in [0.29, 0.717) is 16.1 Å². The Balaban J connectivity index is 2.16. The zero-order valence-corrected chi connectivity index (χ0v) is 12.9. The summed E-state index contributed by atoms with van der Waals surface area (Å²) < 4.78 is 0. The van der Waals surface area contributed by atoms with Crippen LogP contribution in [0.1, 0.15) is 21.5 Å². The summed E-state index contributed by atoms with van der Waals surface area (Å²) in [5.74, 6) is -2.35. The van der Waals surface area contributed by atoms with Crippen molar-refractivity contribution in [3.05, 3.63) is 46.0 Å². The molecule has 6 nitrogen and oxygen atoms in total. The van der Waals surface area contributed by atoms with Gasteiger partial charge in [-0.2, -0.15) is 0 Å². The highest BCUT2D eigenvalue weighted by molar-refractivity contribution is 6.31. The Morgan fingerprint density at radius 1 is 1.09 bits per heavy atom. The molecule has 120 valence electrons. The zero-order chi connectivity index (χ0) is 17.1. The molecule has 2 aromatic rings. The molecule has 0 saturated heterocycles. The molecule has 0 aromatic heterocycles. The fourth-order valence-corrected chi connectivity index (χ4v) is 2.22. The van der Waals surface area contributed by atoms with Gasteiger partial charge in [-0.3, -0.25) is 9.79 Å². The maximum atomic E-state index is 12.0. The third kappa shape index (κ3) is 3.73. The van der Waals surface area contributed by atoms with Crippen LogP contribution in [0.5, 0.6) is 23.0 Å². The van der Waals surface area contributed by atoms with Gasteiger partial charge in [0, 0.05) is 22.4 Å². The van der Waals surface area contributed by atoms with Crippen molar-refractivity contribution in [2.45, 2.75) is 6.92 Å². The molecule has 2 rings (SSSR count). The van der Waals surface area contributed by atoms with Gasteiger partial charge in [-0.1, -0.05) is 11.6 Å². The lowest BCUT2D eigenvalue weighted by Crippen LogP contribution is -2.03. The minimum atomic E-state index is -0.690. The van der Waals surface area contributed by atoms with Crippen LogP contribution in [0.25, 0.3) is 0 Å². The van der Waals surface area contributed by atoms with Gasteiger partial charge in [0.1, 0.15) is 12.3 Å². The van der Waals surface area contributed by atoms with E-state index in [1.165, 1.54) is 12.3 Å². The van der Waals surface area contributed by atoms with Crippen LogP contribution in [0.15, 0.2) is 29.3 Å². The number of carbonyl (C=O) groups is 1. The Morgan fingerprint density at radius 2 is 1.70 bits per heavy atom. The van der Waals surface area contributed by atoms with Gasteiger partial charge in [-0.05, 0) is 36.8 Å². The Bertz CT molecular complexity index is 778. The number of aliphatic imine (C=N–C) groups is 1. The summed E-state index contributed by atoms with van der Waals surface area (Å²) in [5, 5.41) is 38.3. The summed E-state index contributed by atoms with van der Waals surface area (Å²) in [6, 6.07) is 5.18. The number of aryl methyl sites for hydroxylation is 1. The summed E-state index contributed by atoms with van der Waals surface area (Å²) in [5.41, 5.74) is 0.958. The third-order valence-corrected chi connectivity index (χ3v) is 3.37. The van der Waals surface area contributed by atoms with Gasteiger partial charge in [0.05, 0.1) is 0 Å². The lowest BCUT2D eigenvalue weighted by molar-refractivity contribution is 0.100. The molecule has 0 heterocycles. The average Bonchev–Trinajstić information content (AvgIpc) is 2.48. The number of aromatic hydroxyl groups is 4. The van der Waals surface area contributed by atoms with Gasteiger partial charge >= 0.3 is 0 Å². The summed E-state index contributed by atoms with van der Waals surface area (Å²) in [4.78, 5) is 15.9. The molecule has 0 fully saturated rings. The molecule has 7 heteroatoms. The number of hydrogen-bond acceptors (Lipinski definition) is 6. The van der Waals surface area contributed by atoms with Crippen molar-refractivity contribution in [2.75, 3.05) is 6.54 Å². The first-order valence-corrected chi connectivity index (χ1v) is 6.94. The molecule has 0 bridgehead atoms. The lowest BCUT2D eigenvalue weighted by Gasteiger charge is -2.05. The second-order valence-electron chi connectivity index (χ2n) is 4.92. The van der Waals surface area contributed by atoms with E-state index in [1.807, 2.05) is 0 Å². The maximum absolute atomic E-state index is 12.0. The van der Waals surface area contributed by atoms with Crippen LogP contribution in [0.2, 0.25) is 5.02 Å².